The third-order valence-corrected chi connectivity index (χ3v) is 6.34. The van der Waals surface area contributed by atoms with Crippen molar-refractivity contribution in [2.45, 2.75) is 25.3 Å². The van der Waals surface area contributed by atoms with E-state index in [1.807, 2.05) is 12.1 Å². The Morgan fingerprint density at radius 2 is 1.88 bits per heavy atom. The molecule has 1 aliphatic heterocycles. The van der Waals surface area contributed by atoms with E-state index < -0.39 is 15.8 Å². The molecule has 7 heteroatoms. The summed E-state index contributed by atoms with van der Waals surface area (Å²) in [6, 6.07) is 10.1. The Bertz CT molecular complexity index is 808. The van der Waals surface area contributed by atoms with E-state index in [0.29, 0.717) is 13.1 Å². The molecule has 2 aromatic rings. The van der Waals surface area contributed by atoms with E-state index in [2.05, 4.69) is 16.8 Å². The Morgan fingerprint density at radius 1 is 1.20 bits per heavy atom. The Kier molecular flexibility index (Phi) is 5.46. The highest BCUT2D eigenvalue weighted by Crippen LogP contribution is 2.23. The van der Waals surface area contributed by atoms with Crippen LogP contribution in [0.1, 0.15) is 18.1 Å². The number of nitrogens with zero attached hydrogens (tertiary/aromatic N) is 3. The van der Waals surface area contributed by atoms with Gasteiger partial charge in [-0.25, -0.2) is 12.8 Å². The first kappa shape index (κ1) is 18.0. The smallest absolute Gasteiger partial charge is 0.218 e. The van der Waals surface area contributed by atoms with E-state index in [0.717, 1.165) is 18.7 Å². The molecule has 5 nitrogen and oxygen atoms in total. The molecular weight excluding hydrogens is 341 g/mol. The maximum Gasteiger partial charge on any atom is 0.218 e. The van der Waals surface area contributed by atoms with Crippen LogP contribution >= 0.6 is 0 Å². The Hall–Kier alpha value is -1.83. The minimum Gasteiger partial charge on any atom is -0.294 e. The lowest BCUT2D eigenvalue weighted by Crippen LogP contribution is -2.60. The van der Waals surface area contributed by atoms with Crippen LogP contribution in [-0.2, 0) is 22.3 Å². The molecule has 1 aromatic carbocycles. The van der Waals surface area contributed by atoms with Crippen molar-refractivity contribution in [1.29, 1.82) is 0 Å². The third kappa shape index (κ3) is 4.23. The normalized spacial score (nSPS) is 16.1. The minimum absolute atomic E-state index is 0.188. The molecule has 3 rings (SSSR count). The number of pyridine rings is 1. The predicted molar refractivity (Wildman–Crippen MR) is 94.7 cm³/mol. The molecule has 1 fully saturated rings. The highest BCUT2D eigenvalue weighted by atomic mass is 32.2. The maximum absolute atomic E-state index is 13.7. The van der Waals surface area contributed by atoms with E-state index in [-0.39, 0.29) is 17.4 Å². The summed E-state index contributed by atoms with van der Waals surface area (Å²) < 4.78 is 40.1. The van der Waals surface area contributed by atoms with Crippen LogP contribution in [0.15, 0.2) is 48.8 Å². The number of hydrogen-bond donors (Lipinski definition) is 0. The van der Waals surface area contributed by atoms with Crippen molar-refractivity contribution in [3.8, 4) is 0 Å². The van der Waals surface area contributed by atoms with Crippen LogP contribution in [0.2, 0.25) is 0 Å². The second-order valence-electron chi connectivity index (χ2n) is 6.24. The summed E-state index contributed by atoms with van der Waals surface area (Å²) in [6.45, 7) is 4.59. The van der Waals surface area contributed by atoms with Gasteiger partial charge in [0, 0.05) is 43.6 Å². The van der Waals surface area contributed by atoms with Gasteiger partial charge in [-0.05, 0) is 30.3 Å². The van der Waals surface area contributed by atoms with E-state index in [1.54, 1.807) is 24.5 Å². The molecular formula is C18H22FN3O2S. The molecule has 1 saturated heterocycles. The highest BCUT2D eigenvalue weighted by molar-refractivity contribution is 7.88. The monoisotopic (exact) mass is 363 g/mol. The Balaban J connectivity index is 1.59. The standard InChI is InChI=1S/C18H22FN3O2S/c1-2-21(11-15-7-9-20-10-8-15)17-12-22(13-17)25(23,24)14-16-5-3-4-6-18(16)19/h3-10,17H,2,11-14H2,1H3. The molecule has 0 N–H and O–H groups in total. The van der Waals surface area contributed by atoms with Gasteiger partial charge in [-0.1, -0.05) is 25.1 Å². The van der Waals surface area contributed by atoms with Gasteiger partial charge in [0.25, 0.3) is 0 Å². The third-order valence-electron chi connectivity index (χ3n) is 4.58. The van der Waals surface area contributed by atoms with Crippen molar-refractivity contribution < 1.29 is 12.8 Å². The van der Waals surface area contributed by atoms with Gasteiger partial charge in [0.2, 0.25) is 10.0 Å². The molecule has 0 radical (unpaired) electrons. The van der Waals surface area contributed by atoms with E-state index >= 15 is 0 Å². The zero-order chi connectivity index (χ0) is 17.9. The van der Waals surface area contributed by atoms with Crippen molar-refractivity contribution in [2.24, 2.45) is 0 Å². The fourth-order valence-corrected chi connectivity index (χ4v) is 4.61. The fraction of sp³-hybridized carbons (Fsp3) is 0.389. The Labute approximate surface area is 148 Å². The number of hydrogen-bond acceptors (Lipinski definition) is 4. The summed E-state index contributed by atoms with van der Waals surface area (Å²) in [5.41, 5.74) is 1.37. The van der Waals surface area contributed by atoms with Crippen molar-refractivity contribution in [2.75, 3.05) is 19.6 Å². The van der Waals surface area contributed by atoms with Gasteiger partial charge in [0.05, 0.1) is 5.75 Å². The zero-order valence-corrected chi connectivity index (χ0v) is 15.0. The molecule has 0 aliphatic carbocycles. The van der Waals surface area contributed by atoms with Gasteiger partial charge in [-0.15, -0.1) is 0 Å². The van der Waals surface area contributed by atoms with Crippen LogP contribution in [-0.4, -0.2) is 48.3 Å². The highest BCUT2D eigenvalue weighted by Gasteiger charge is 2.38. The molecule has 25 heavy (non-hydrogen) atoms. The lowest BCUT2D eigenvalue weighted by Gasteiger charge is -2.44. The summed E-state index contributed by atoms with van der Waals surface area (Å²) in [6.07, 6.45) is 3.52. The molecule has 0 amide bonds. The molecule has 0 atom stereocenters. The first-order valence-corrected chi connectivity index (χ1v) is 9.94. The number of likely N-dealkylation sites (N-methyl/N-ethyl adjacent to an activating group) is 1. The number of halogens is 1. The maximum atomic E-state index is 13.7. The molecule has 1 aliphatic rings. The lowest BCUT2D eigenvalue weighted by atomic mass is 10.1. The molecule has 0 spiro atoms. The number of rotatable bonds is 7. The van der Waals surface area contributed by atoms with E-state index in [9.17, 15) is 12.8 Å². The second-order valence-corrected chi connectivity index (χ2v) is 8.21. The number of aromatic nitrogens is 1. The quantitative estimate of drug-likeness (QED) is 0.757. The van der Waals surface area contributed by atoms with Crippen LogP contribution < -0.4 is 0 Å². The molecule has 0 bridgehead atoms. The fourth-order valence-electron chi connectivity index (χ4n) is 3.00. The molecule has 0 saturated carbocycles. The minimum atomic E-state index is -3.49. The molecule has 134 valence electrons. The first-order chi connectivity index (χ1) is 12.0. The lowest BCUT2D eigenvalue weighted by molar-refractivity contribution is 0.0862. The van der Waals surface area contributed by atoms with Crippen LogP contribution in [0.4, 0.5) is 4.39 Å². The van der Waals surface area contributed by atoms with Crippen molar-refractivity contribution in [1.82, 2.24) is 14.2 Å². The predicted octanol–water partition coefficient (Wildman–Crippen LogP) is 2.26. The van der Waals surface area contributed by atoms with Gasteiger partial charge in [-0.2, -0.15) is 4.31 Å². The SMILES string of the molecule is CCN(Cc1ccncc1)C1CN(S(=O)(=O)Cc2ccccc2F)C1. The zero-order valence-electron chi connectivity index (χ0n) is 14.2. The summed E-state index contributed by atoms with van der Waals surface area (Å²) in [5, 5.41) is 0. The molecule has 2 heterocycles. The molecule has 1 aromatic heterocycles. The van der Waals surface area contributed by atoms with Crippen molar-refractivity contribution >= 4 is 10.0 Å². The van der Waals surface area contributed by atoms with Crippen molar-refractivity contribution in [3.05, 3.63) is 65.7 Å². The van der Waals surface area contributed by atoms with Crippen LogP contribution in [0, 0.1) is 5.82 Å². The van der Waals surface area contributed by atoms with E-state index in [1.165, 1.54) is 16.4 Å². The first-order valence-electron chi connectivity index (χ1n) is 8.34. The molecule has 0 unspecified atom stereocenters. The summed E-state index contributed by atoms with van der Waals surface area (Å²) >= 11 is 0. The van der Waals surface area contributed by atoms with Crippen LogP contribution in [0.25, 0.3) is 0 Å². The average molecular weight is 363 g/mol. The van der Waals surface area contributed by atoms with E-state index in [4.69, 9.17) is 0 Å². The van der Waals surface area contributed by atoms with Gasteiger partial charge < -0.3 is 0 Å². The van der Waals surface area contributed by atoms with Crippen LogP contribution in [0.5, 0.6) is 0 Å². The Morgan fingerprint density at radius 3 is 2.52 bits per heavy atom. The van der Waals surface area contributed by atoms with Gasteiger partial charge >= 0.3 is 0 Å². The number of sulfonamides is 1. The topological polar surface area (TPSA) is 53.5 Å². The van der Waals surface area contributed by atoms with Gasteiger partial charge in [-0.3, -0.25) is 9.88 Å². The summed E-state index contributed by atoms with van der Waals surface area (Å²) in [4.78, 5) is 6.27. The largest absolute Gasteiger partial charge is 0.294 e. The second kappa shape index (κ2) is 7.59. The average Bonchev–Trinajstić information content (AvgIpc) is 2.55. The summed E-state index contributed by atoms with van der Waals surface area (Å²) in [5.74, 6) is -0.765. The van der Waals surface area contributed by atoms with Gasteiger partial charge in [0.15, 0.2) is 0 Å². The van der Waals surface area contributed by atoms with Crippen LogP contribution in [0.3, 0.4) is 0 Å². The number of benzene rings is 1. The summed E-state index contributed by atoms with van der Waals surface area (Å²) in [7, 11) is -3.49. The van der Waals surface area contributed by atoms with Gasteiger partial charge in [0.1, 0.15) is 5.82 Å². The van der Waals surface area contributed by atoms with Crippen molar-refractivity contribution in [3.63, 3.8) is 0 Å².